The molecule has 0 spiro atoms. The molecule has 4 aromatic rings. The van der Waals surface area contributed by atoms with E-state index in [-0.39, 0.29) is 63.2 Å². The fraction of sp³-hybridized carbons (Fsp3) is 0.360. The number of aliphatic hydroxyl groups is 1. The van der Waals surface area contributed by atoms with Gasteiger partial charge in [0, 0.05) is 31.7 Å². The molecular formula is C25H24F2N8O4. The summed E-state index contributed by atoms with van der Waals surface area (Å²) in [4.78, 5) is 45.9. The highest BCUT2D eigenvalue weighted by molar-refractivity contribution is 6.16. The third-order valence-electron chi connectivity index (χ3n) is 7.43. The number of H-pyrrole nitrogens is 1. The van der Waals surface area contributed by atoms with Crippen LogP contribution in [0.4, 0.5) is 20.3 Å². The van der Waals surface area contributed by atoms with Gasteiger partial charge in [-0.05, 0) is 25.7 Å². The average molecular weight is 539 g/mol. The quantitative estimate of drug-likeness (QED) is 0.287. The number of carbonyl (C=O) groups excluding carboxylic acids is 2. The molecule has 1 aliphatic carbocycles. The van der Waals surface area contributed by atoms with Gasteiger partial charge < -0.3 is 29.9 Å². The van der Waals surface area contributed by atoms with Gasteiger partial charge in [-0.2, -0.15) is 9.97 Å². The van der Waals surface area contributed by atoms with Crippen molar-refractivity contribution in [3.63, 3.8) is 0 Å². The Morgan fingerprint density at radius 3 is 2.64 bits per heavy atom. The lowest BCUT2D eigenvalue weighted by Crippen LogP contribution is -2.43. The Morgan fingerprint density at radius 1 is 1.23 bits per heavy atom. The predicted molar refractivity (Wildman–Crippen MR) is 135 cm³/mol. The maximum absolute atomic E-state index is 15.4. The molecule has 1 aliphatic heterocycles. The Hall–Kier alpha value is -4.46. The van der Waals surface area contributed by atoms with Crippen molar-refractivity contribution < 1.29 is 28.2 Å². The summed E-state index contributed by atoms with van der Waals surface area (Å²) in [6, 6.07) is 0.867. The van der Waals surface area contributed by atoms with Gasteiger partial charge in [0.2, 0.25) is 12.8 Å². The van der Waals surface area contributed by atoms with Gasteiger partial charge in [-0.1, -0.05) is 0 Å². The van der Waals surface area contributed by atoms with Crippen LogP contribution in [-0.4, -0.2) is 68.5 Å². The molecule has 2 amide bonds. The molecule has 39 heavy (non-hydrogen) atoms. The Kier molecular flexibility index (Phi) is 5.98. The average Bonchev–Trinajstić information content (AvgIpc) is 3.63. The van der Waals surface area contributed by atoms with Gasteiger partial charge in [0.25, 0.3) is 0 Å². The summed E-state index contributed by atoms with van der Waals surface area (Å²) in [5.41, 5.74) is 0.494. The standard InChI is InChI=1S/C25H24F2N8O4/c1-11(38)22-28-6-14(7-29-22)39-25-32-23-19(18-20(27)15(26)5-17(21(18)31-23)34(2)10-37)24(33-25)35-8-12-3-13(35)4-16(12)30-9-36/h5-7,9-13,16,38H,3-4,8H2,1-2H3,(H,30,36)(H,31,32,33)/t11-,12-,13-,16-/m1/s1. The molecule has 202 valence electrons. The molecule has 0 radical (unpaired) electrons. The van der Waals surface area contributed by atoms with Gasteiger partial charge in [0.15, 0.2) is 23.2 Å². The van der Waals surface area contributed by atoms with Crippen LogP contribution in [0, 0.1) is 17.6 Å². The number of amides is 2. The van der Waals surface area contributed by atoms with Crippen molar-refractivity contribution in [3.8, 4) is 11.8 Å². The lowest BCUT2D eigenvalue weighted by molar-refractivity contribution is -0.110. The molecule has 1 aromatic carbocycles. The monoisotopic (exact) mass is 538 g/mol. The van der Waals surface area contributed by atoms with Crippen molar-refractivity contribution in [1.82, 2.24) is 30.2 Å². The molecule has 1 saturated heterocycles. The summed E-state index contributed by atoms with van der Waals surface area (Å²) in [6.45, 7) is 2.06. The van der Waals surface area contributed by atoms with Gasteiger partial charge in [-0.15, -0.1) is 0 Å². The van der Waals surface area contributed by atoms with E-state index in [4.69, 9.17) is 4.74 Å². The number of anilines is 2. The molecule has 4 heterocycles. The van der Waals surface area contributed by atoms with Crippen LogP contribution < -0.4 is 19.9 Å². The van der Waals surface area contributed by atoms with Crippen LogP contribution in [0.3, 0.4) is 0 Å². The number of aromatic nitrogens is 5. The highest BCUT2D eigenvalue weighted by Crippen LogP contribution is 2.45. The zero-order chi connectivity index (χ0) is 27.4. The van der Waals surface area contributed by atoms with Crippen molar-refractivity contribution in [2.24, 2.45) is 5.92 Å². The number of halogens is 2. The van der Waals surface area contributed by atoms with E-state index in [9.17, 15) is 19.1 Å². The molecule has 2 bridgehead atoms. The highest BCUT2D eigenvalue weighted by Gasteiger charge is 2.46. The zero-order valence-corrected chi connectivity index (χ0v) is 20.9. The first kappa shape index (κ1) is 24.9. The van der Waals surface area contributed by atoms with Crippen LogP contribution in [-0.2, 0) is 9.59 Å². The van der Waals surface area contributed by atoms with Gasteiger partial charge in [0.05, 0.1) is 34.4 Å². The number of aliphatic hydroxyl groups excluding tert-OH is 1. The number of nitrogens with zero attached hydrogens (tertiary/aromatic N) is 6. The normalized spacial score (nSPS) is 20.9. The van der Waals surface area contributed by atoms with E-state index in [1.165, 1.54) is 26.4 Å². The van der Waals surface area contributed by atoms with E-state index in [0.717, 1.165) is 17.4 Å². The lowest BCUT2D eigenvalue weighted by Gasteiger charge is -2.32. The van der Waals surface area contributed by atoms with Gasteiger partial charge in [0.1, 0.15) is 17.6 Å². The molecule has 14 heteroatoms. The molecular weight excluding hydrogens is 514 g/mol. The molecule has 12 nitrogen and oxygen atoms in total. The number of benzene rings is 1. The van der Waals surface area contributed by atoms with Crippen LogP contribution >= 0.6 is 0 Å². The second-order valence-electron chi connectivity index (χ2n) is 9.82. The number of ether oxygens (including phenoxy) is 1. The summed E-state index contributed by atoms with van der Waals surface area (Å²) in [7, 11) is 1.43. The van der Waals surface area contributed by atoms with Crippen molar-refractivity contribution >= 4 is 46.3 Å². The maximum Gasteiger partial charge on any atom is 0.326 e. The fourth-order valence-electron chi connectivity index (χ4n) is 5.63. The van der Waals surface area contributed by atoms with Crippen LogP contribution in [0.25, 0.3) is 21.9 Å². The van der Waals surface area contributed by atoms with E-state index >= 15 is 4.39 Å². The number of hydrogen-bond acceptors (Lipinski definition) is 9. The fourth-order valence-corrected chi connectivity index (χ4v) is 5.63. The number of fused-ring (bicyclic) bond motifs is 5. The van der Waals surface area contributed by atoms with Crippen LogP contribution in [0.1, 0.15) is 31.7 Å². The van der Waals surface area contributed by atoms with E-state index in [1.807, 2.05) is 4.90 Å². The van der Waals surface area contributed by atoms with Gasteiger partial charge in [-0.25, -0.2) is 18.7 Å². The molecule has 2 fully saturated rings. The Labute approximate surface area is 220 Å². The lowest BCUT2D eigenvalue weighted by atomic mass is 10.0. The number of aromatic amines is 1. The number of nitrogens with one attached hydrogen (secondary N) is 2. The second-order valence-corrected chi connectivity index (χ2v) is 9.82. The smallest absolute Gasteiger partial charge is 0.326 e. The largest absolute Gasteiger partial charge is 0.421 e. The molecule has 0 unspecified atom stereocenters. The van der Waals surface area contributed by atoms with Crippen LogP contribution in [0.5, 0.6) is 11.8 Å². The molecule has 6 rings (SSSR count). The summed E-state index contributed by atoms with van der Waals surface area (Å²) >= 11 is 0. The second kappa shape index (κ2) is 9.38. The summed E-state index contributed by atoms with van der Waals surface area (Å²) in [6.07, 6.45) is 4.52. The minimum Gasteiger partial charge on any atom is -0.421 e. The molecule has 2 aliphatic rings. The topological polar surface area (TPSA) is 149 Å². The molecule has 3 N–H and O–H groups in total. The molecule has 4 atom stereocenters. The number of piperidine rings is 1. The summed E-state index contributed by atoms with van der Waals surface area (Å²) in [5.74, 6) is -1.30. The Bertz CT molecular complexity index is 1600. The van der Waals surface area contributed by atoms with E-state index in [0.29, 0.717) is 31.6 Å². The highest BCUT2D eigenvalue weighted by atomic mass is 19.2. The number of hydrogen-bond donors (Lipinski definition) is 3. The molecule has 1 saturated carbocycles. The number of carbonyl (C=O) groups is 2. The third kappa shape index (κ3) is 4.07. The van der Waals surface area contributed by atoms with E-state index in [1.54, 1.807) is 0 Å². The van der Waals surface area contributed by atoms with Crippen LogP contribution in [0.2, 0.25) is 0 Å². The van der Waals surface area contributed by atoms with Crippen molar-refractivity contribution in [1.29, 1.82) is 0 Å². The van der Waals surface area contributed by atoms with E-state index in [2.05, 4.69) is 30.2 Å². The first-order valence-electron chi connectivity index (χ1n) is 12.3. The van der Waals surface area contributed by atoms with Gasteiger partial charge >= 0.3 is 6.01 Å². The van der Waals surface area contributed by atoms with Crippen LogP contribution in [0.15, 0.2) is 18.5 Å². The first-order valence-corrected chi connectivity index (χ1v) is 12.3. The van der Waals surface area contributed by atoms with Gasteiger partial charge in [-0.3, -0.25) is 9.59 Å². The first-order chi connectivity index (χ1) is 18.8. The minimum absolute atomic E-state index is 0.00857. The molecule has 3 aromatic heterocycles. The van der Waals surface area contributed by atoms with E-state index < -0.39 is 17.7 Å². The SMILES string of the molecule is C[C@@H](O)c1ncc(Oc2nc(N3C[C@H]4C[C@@H]3C[C@H]4NC=O)c3c(n2)[nH]c2c(N(C)C=O)cc(F)c(F)c23)cn1. The Morgan fingerprint density at radius 2 is 2.00 bits per heavy atom. The predicted octanol–water partition coefficient (Wildman–Crippen LogP) is 2.33. The summed E-state index contributed by atoms with van der Waals surface area (Å²) in [5, 5.41) is 12.7. The minimum atomic E-state index is -1.12. The van der Waals surface area contributed by atoms with Crippen molar-refractivity contribution in [2.75, 3.05) is 23.4 Å². The van der Waals surface area contributed by atoms with Crippen molar-refractivity contribution in [2.45, 2.75) is 38.0 Å². The Balaban J connectivity index is 1.52. The maximum atomic E-state index is 15.4. The summed E-state index contributed by atoms with van der Waals surface area (Å²) < 4.78 is 36.0. The number of rotatable bonds is 8. The third-order valence-corrected chi connectivity index (χ3v) is 7.43. The zero-order valence-electron chi connectivity index (χ0n) is 20.9. The van der Waals surface area contributed by atoms with Crippen molar-refractivity contribution in [3.05, 3.63) is 35.9 Å².